The lowest BCUT2D eigenvalue weighted by Gasteiger charge is -2.27. The molecule has 1 fully saturated rings. The lowest BCUT2D eigenvalue weighted by Crippen LogP contribution is -2.41. The second-order valence-corrected chi connectivity index (χ2v) is 8.13. The fraction of sp³-hybridized carbons (Fsp3) is 0.692. The summed E-state index contributed by atoms with van der Waals surface area (Å²) in [7, 11) is -1.53. The van der Waals surface area contributed by atoms with Crippen molar-refractivity contribution in [2.45, 2.75) is 39.3 Å². The summed E-state index contributed by atoms with van der Waals surface area (Å²) in [4.78, 5) is 24.5. The SMILES string of the molecule is Cc1nn(C(C)C(=O)N(C)C2CCS(=O)(=O)C2)c(C)c1[N+](=O)[O-]. The average Bonchev–Trinajstić information content (AvgIpc) is 2.95. The lowest BCUT2D eigenvalue weighted by molar-refractivity contribution is -0.386. The van der Waals surface area contributed by atoms with Crippen molar-refractivity contribution >= 4 is 21.4 Å². The number of carbonyl (C=O) groups is 1. The molecule has 1 amide bonds. The summed E-state index contributed by atoms with van der Waals surface area (Å²) in [5.74, 6) is -0.276. The molecule has 2 atom stereocenters. The maximum atomic E-state index is 12.6. The predicted molar refractivity (Wildman–Crippen MR) is 82.9 cm³/mol. The number of likely N-dealkylation sites (N-methyl/N-ethyl adjacent to an activating group) is 1. The van der Waals surface area contributed by atoms with Crippen LogP contribution in [0.4, 0.5) is 5.69 Å². The van der Waals surface area contributed by atoms with Gasteiger partial charge in [0.1, 0.15) is 17.4 Å². The number of hydrogen-bond donors (Lipinski definition) is 0. The molecule has 1 aromatic heterocycles. The Morgan fingerprint density at radius 2 is 2.09 bits per heavy atom. The van der Waals surface area contributed by atoms with Gasteiger partial charge in [-0.05, 0) is 27.2 Å². The molecule has 23 heavy (non-hydrogen) atoms. The van der Waals surface area contributed by atoms with Gasteiger partial charge in [0.2, 0.25) is 5.91 Å². The van der Waals surface area contributed by atoms with Gasteiger partial charge in [-0.15, -0.1) is 0 Å². The van der Waals surface area contributed by atoms with Gasteiger partial charge in [0.05, 0.1) is 16.4 Å². The van der Waals surface area contributed by atoms with E-state index in [1.165, 1.54) is 16.5 Å². The van der Waals surface area contributed by atoms with Crippen molar-refractivity contribution in [1.29, 1.82) is 0 Å². The minimum Gasteiger partial charge on any atom is -0.340 e. The zero-order valence-electron chi connectivity index (χ0n) is 13.5. The van der Waals surface area contributed by atoms with Crippen LogP contribution < -0.4 is 0 Å². The van der Waals surface area contributed by atoms with Crippen molar-refractivity contribution in [3.05, 3.63) is 21.5 Å². The van der Waals surface area contributed by atoms with Gasteiger partial charge in [-0.3, -0.25) is 19.6 Å². The first-order valence-electron chi connectivity index (χ1n) is 7.22. The van der Waals surface area contributed by atoms with Crippen LogP contribution in [0, 0.1) is 24.0 Å². The van der Waals surface area contributed by atoms with E-state index in [1.807, 2.05) is 0 Å². The molecule has 2 rings (SSSR count). The zero-order valence-corrected chi connectivity index (χ0v) is 14.3. The minimum absolute atomic E-state index is 0.0424. The Kier molecular flexibility index (Phi) is 4.47. The molecular formula is C13H20N4O5S. The molecule has 2 unspecified atom stereocenters. The van der Waals surface area contributed by atoms with Crippen LogP contribution >= 0.6 is 0 Å². The number of rotatable bonds is 4. The van der Waals surface area contributed by atoms with Crippen molar-refractivity contribution in [1.82, 2.24) is 14.7 Å². The molecule has 0 aromatic carbocycles. The van der Waals surface area contributed by atoms with Crippen molar-refractivity contribution in [3.8, 4) is 0 Å². The number of hydrogen-bond acceptors (Lipinski definition) is 6. The molecule has 0 spiro atoms. The van der Waals surface area contributed by atoms with Gasteiger partial charge in [-0.2, -0.15) is 5.10 Å². The van der Waals surface area contributed by atoms with Gasteiger partial charge in [-0.1, -0.05) is 0 Å². The number of nitro groups is 1. The van der Waals surface area contributed by atoms with Crippen molar-refractivity contribution in [3.63, 3.8) is 0 Å². The standard InChI is InChI=1S/C13H20N4O5S/c1-8-12(17(19)20)9(2)16(14-8)10(3)13(18)15(4)11-5-6-23(21,22)7-11/h10-11H,5-7H2,1-4H3. The van der Waals surface area contributed by atoms with E-state index in [1.54, 1.807) is 20.9 Å². The molecule has 0 N–H and O–H groups in total. The van der Waals surface area contributed by atoms with E-state index in [9.17, 15) is 23.3 Å². The van der Waals surface area contributed by atoms with Crippen LogP contribution in [0.3, 0.4) is 0 Å². The highest BCUT2D eigenvalue weighted by Gasteiger charge is 2.35. The summed E-state index contributed by atoms with van der Waals surface area (Å²) < 4.78 is 24.4. The Morgan fingerprint density at radius 1 is 1.48 bits per heavy atom. The highest BCUT2D eigenvalue weighted by molar-refractivity contribution is 7.91. The number of sulfone groups is 1. The Hall–Kier alpha value is -1.97. The molecule has 10 heteroatoms. The van der Waals surface area contributed by atoms with Crippen molar-refractivity contribution < 1.29 is 18.1 Å². The molecule has 0 bridgehead atoms. The molecular weight excluding hydrogens is 324 g/mol. The van der Waals surface area contributed by atoms with Crippen LogP contribution in [-0.2, 0) is 14.6 Å². The van der Waals surface area contributed by atoms with Crippen LogP contribution in [0.25, 0.3) is 0 Å². The maximum Gasteiger partial charge on any atom is 0.312 e. The quantitative estimate of drug-likeness (QED) is 0.584. The molecule has 0 radical (unpaired) electrons. The number of carbonyl (C=O) groups excluding carboxylic acids is 1. The molecule has 2 heterocycles. The first-order chi connectivity index (χ1) is 10.5. The highest BCUT2D eigenvalue weighted by atomic mass is 32.2. The monoisotopic (exact) mass is 344 g/mol. The molecule has 1 aromatic rings. The van der Waals surface area contributed by atoms with Crippen LogP contribution in [0.5, 0.6) is 0 Å². The maximum absolute atomic E-state index is 12.6. The van der Waals surface area contributed by atoms with Gasteiger partial charge in [-0.25, -0.2) is 8.42 Å². The second kappa shape index (κ2) is 5.91. The summed E-state index contributed by atoms with van der Waals surface area (Å²) in [5.41, 5.74) is 0.454. The largest absolute Gasteiger partial charge is 0.340 e. The number of aryl methyl sites for hydroxylation is 1. The molecule has 1 aliphatic heterocycles. The Bertz CT molecular complexity index is 755. The molecule has 9 nitrogen and oxygen atoms in total. The van der Waals surface area contributed by atoms with Crippen molar-refractivity contribution in [2.75, 3.05) is 18.6 Å². The highest BCUT2D eigenvalue weighted by Crippen LogP contribution is 2.26. The van der Waals surface area contributed by atoms with E-state index in [0.29, 0.717) is 12.1 Å². The molecule has 128 valence electrons. The van der Waals surface area contributed by atoms with Gasteiger partial charge in [0.15, 0.2) is 9.84 Å². The van der Waals surface area contributed by atoms with Gasteiger partial charge < -0.3 is 4.90 Å². The summed E-state index contributed by atoms with van der Waals surface area (Å²) >= 11 is 0. The van der Waals surface area contributed by atoms with E-state index in [0.717, 1.165) is 0 Å². The van der Waals surface area contributed by atoms with E-state index in [2.05, 4.69) is 5.10 Å². The van der Waals surface area contributed by atoms with Crippen LogP contribution in [0.15, 0.2) is 0 Å². The van der Waals surface area contributed by atoms with E-state index in [-0.39, 0.29) is 34.8 Å². The van der Waals surface area contributed by atoms with Crippen LogP contribution in [0.2, 0.25) is 0 Å². The first kappa shape index (κ1) is 17.4. The zero-order chi connectivity index (χ0) is 17.5. The molecule has 1 aliphatic rings. The number of aromatic nitrogens is 2. The fourth-order valence-corrected chi connectivity index (χ4v) is 4.73. The summed E-state index contributed by atoms with van der Waals surface area (Å²) in [6, 6.07) is -1.10. The van der Waals surface area contributed by atoms with E-state index >= 15 is 0 Å². The van der Waals surface area contributed by atoms with Crippen LogP contribution in [0.1, 0.15) is 30.8 Å². The topological polar surface area (TPSA) is 115 Å². The lowest BCUT2D eigenvalue weighted by atomic mass is 10.2. The van der Waals surface area contributed by atoms with E-state index in [4.69, 9.17) is 0 Å². The third-order valence-corrected chi connectivity index (χ3v) is 6.05. The Morgan fingerprint density at radius 3 is 2.52 bits per heavy atom. The predicted octanol–water partition coefficient (Wildman–Crippen LogP) is 0.615. The molecule has 1 saturated heterocycles. The summed E-state index contributed by atoms with van der Waals surface area (Å²) in [6.07, 6.45) is 0.411. The Labute approximate surface area is 134 Å². The summed E-state index contributed by atoms with van der Waals surface area (Å²) in [5, 5.41) is 15.2. The fourth-order valence-electron chi connectivity index (χ4n) is 2.96. The second-order valence-electron chi connectivity index (χ2n) is 5.90. The minimum atomic E-state index is -3.09. The van der Waals surface area contributed by atoms with Crippen molar-refractivity contribution in [2.24, 2.45) is 0 Å². The Balaban J connectivity index is 2.23. The van der Waals surface area contributed by atoms with Gasteiger partial charge in [0.25, 0.3) is 0 Å². The first-order valence-corrected chi connectivity index (χ1v) is 9.04. The smallest absolute Gasteiger partial charge is 0.312 e. The normalized spacial score (nSPS) is 21.1. The van der Waals surface area contributed by atoms with E-state index < -0.39 is 20.8 Å². The number of amides is 1. The average molecular weight is 344 g/mol. The van der Waals surface area contributed by atoms with Gasteiger partial charge in [0, 0.05) is 13.1 Å². The number of nitrogens with zero attached hydrogens (tertiary/aromatic N) is 4. The summed E-state index contributed by atoms with van der Waals surface area (Å²) in [6.45, 7) is 4.67. The van der Waals surface area contributed by atoms with Crippen LogP contribution in [-0.4, -0.2) is 58.5 Å². The third kappa shape index (κ3) is 3.21. The third-order valence-electron chi connectivity index (χ3n) is 4.30. The molecule has 0 aliphatic carbocycles. The molecule has 0 saturated carbocycles. The van der Waals surface area contributed by atoms with Gasteiger partial charge >= 0.3 is 5.69 Å².